The molecular weight excluding hydrogens is 246 g/mol. The molecule has 2 rings (SSSR count). The third kappa shape index (κ3) is 2.73. The Kier molecular flexibility index (Phi) is 4.36. The molecule has 18 heavy (non-hydrogen) atoms. The van der Waals surface area contributed by atoms with Gasteiger partial charge in [-0.15, -0.1) is 0 Å². The van der Waals surface area contributed by atoms with E-state index < -0.39 is 0 Å². The highest BCUT2D eigenvalue weighted by Crippen LogP contribution is 2.38. The summed E-state index contributed by atoms with van der Waals surface area (Å²) in [7, 11) is 0. The first-order valence-corrected chi connectivity index (χ1v) is 7.66. The maximum absolute atomic E-state index is 12.0. The molecule has 2 amide bonds. The van der Waals surface area contributed by atoms with Crippen LogP contribution in [0.15, 0.2) is 0 Å². The van der Waals surface area contributed by atoms with Crippen LogP contribution in [0.2, 0.25) is 0 Å². The second-order valence-electron chi connectivity index (χ2n) is 6.00. The Morgan fingerprint density at radius 3 is 2.28 bits per heavy atom. The molecule has 3 nitrogen and oxygen atoms in total. The number of likely N-dealkylation sites (tertiary alicyclic amines) is 1. The molecule has 2 fully saturated rings. The molecule has 102 valence electrons. The summed E-state index contributed by atoms with van der Waals surface area (Å²) in [6.07, 6.45) is 7.53. The number of rotatable bonds is 3. The first kappa shape index (κ1) is 13.9. The van der Waals surface area contributed by atoms with E-state index in [2.05, 4.69) is 12.6 Å². The summed E-state index contributed by atoms with van der Waals surface area (Å²) in [6.45, 7) is 2.44. The monoisotopic (exact) mass is 269 g/mol. The lowest BCUT2D eigenvalue weighted by Gasteiger charge is -2.34. The standard InChI is InChI=1S/C14H23NO2S/c1-11-8-12(16)15(13(11)17)9-14(10-18)6-4-2-3-5-7-14/h11,18H,2-10H2,1H3. The van der Waals surface area contributed by atoms with Crippen molar-refractivity contribution in [3.8, 4) is 0 Å². The summed E-state index contributed by atoms with van der Waals surface area (Å²) < 4.78 is 0. The fraction of sp³-hybridized carbons (Fsp3) is 0.857. The Labute approximate surface area is 115 Å². The van der Waals surface area contributed by atoms with Crippen molar-refractivity contribution in [2.75, 3.05) is 12.3 Å². The van der Waals surface area contributed by atoms with E-state index in [1.165, 1.54) is 30.6 Å². The number of thiol groups is 1. The van der Waals surface area contributed by atoms with Crippen LogP contribution in [-0.2, 0) is 9.59 Å². The van der Waals surface area contributed by atoms with Gasteiger partial charge in [-0.05, 0) is 24.0 Å². The minimum Gasteiger partial charge on any atom is -0.282 e. The topological polar surface area (TPSA) is 37.4 Å². The zero-order valence-electron chi connectivity index (χ0n) is 11.2. The first-order valence-electron chi connectivity index (χ1n) is 7.03. The van der Waals surface area contributed by atoms with Crippen molar-refractivity contribution in [1.29, 1.82) is 0 Å². The van der Waals surface area contributed by atoms with Gasteiger partial charge >= 0.3 is 0 Å². The molecule has 1 saturated heterocycles. The molecule has 0 radical (unpaired) electrons. The van der Waals surface area contributed by atoms with Crippen LogP contribution in [0.1, 0.15) is 51.9 Å². The van der Waals surface area contributed by atoms with Gasteiger partial charge in [0, 0.05) is 18.9 Å². The zero-order valence-corrected chi connectivity index (χ0v) is 12.0. The smallest absolute Gasteiger partial charge is 0.232 e. The molecule has 0 aromatic carbocycles. The molecule has 0 aromatic heterocycles. The molecule has 1 aliphatic carbocycles. The van der Waals surface area contributed by atoms with Crippen molar-refractivity contribution in [3.63, 3.8) is 0 Å². The maximum Gasteiger partial charge on any atom is 0.232 e. The number of amides is 2. The largest absolute Gasteiger partial charge is 0.282 e. The van der Waals surface area contributed by atoms with Gasteiger partial charge in [0.15, 0.2) is 0 Å². The lowest BCUT2D eigenvalue weighted by Crippen LogP contribution is -2.42. The molecule has 2 aliphatic rings. The quantitative estimate of drug-likeness (QED) is 0.486. The third-order valence-corrected chi connectivity index (χ3v) is 5.13. The van der Waals surface area contributed by atoms with Crippen LogP contribution >= 0.6 is 12.6 Å². The van der Waals surface area contributed by atoms with Crippen molar-refractivity contribution in [2.24, 2.45) is 11.3 Å². The van der Waals surface area contributed by atoms with Crippen LogP contribution in [0, 0.1) is 11.3 Å². The van der Waals surface area contributed by atoms with Gasteiger partial charge in [-0.2, -0.15) is 12.6 Å². The summed E-state index contributed by atoms with van der Waals surface area (Å²) in [5, 5.41) is 0. The van der Waals surface area contributed by atoms with Crippen LogP contribution < -0.4 is 0 Å². The van der Waals surface area contributed by atoms with Crippen molar-refractivity contribution < 1.29 is 9.59 Å². The van der Waals surface area contributed by atoms with Gasteiger partial charge in [0.1, 0.15) is 0 Å². The van der Waals surface area contributed by atoms with E-state index >= 15 is 0 Å². The number of carbonyl (C=O) groups is 2. The third-order valence-electron chi connectivity index (χ3n) is 4.46. The van der Waals surface area contributed by atoms with Crippen LogP contribution in [-0.4, -0.2) is 29.0 Å². The minimum atomic E-state index is -0.125. The van der Waals surface area contributed by atoms with Gasteiger partial charge in [0.2, 0.25) is 11.8 Å². The van der Waals surface area contributed by atoms with E-state index in [9.17, 15) is 9.59 Å². The maximum atomic E-state index is 12.0. The molecule has 4 heteroatoms. The molecule has 1 saturated carbocycles. The molecule has 0 N–H and O–H groups in total. The Hall–Kier alpha value is -0.510. The molecule has 1 heterocycles. The van der Waals surface area contributed by atoms with E-state index in [0.29, 0.717) is 13.0 Å². The lowest BCUT2D eigenvalue weighted by molar-refractivity contribution is -0.141. The average Bonchev–Trinajstić information content (AvgIpc) is 2.58. The summed E-state index contributed by atoms with van der Waals surface area (Å²) in [5.41, 5.74) is 0.0645. The predicted octanol–water partition coefficient (Wildman–Crippen LogP) is 2.65. The highest BCUT2D eigenvalue weighted by molar-refractivity contribution is 7.80. The van der Waals surface area contributed by atoms with E-state index in [-0.39, 0.29) is 23.1 Å². The summed E-state index contributed by atoms with van der Waals surface area (Å²) in [6, 6.07) is 0. The second kappa shape index (κ2) is 5.64. The number of carbonyl (C=O) groups excluding carboxylic acids is 2. The fourth-order valence-electron chi connectivity index (χ4n) is 3.19. The van der Waals surface area contributed by atoms with Crippen LogP contribution in [0.25, 0.3) is 0 Å². The Morgan fingerprint density at radius 2 is 1.83 bits per heavy atom. The van der Waals surface area contributed by atoms with Crippen LogP contribution in [0.5, 0.6) is 0 Å². The normalized spacial score (nSPS) is 28.6. The van der Waals surface area contributed by atoms with Gasteiger partial charge in [-0.1, -0.05) is 32.6 Å². The van der Waals surface area contributed by atoms with Crippen molar-refractivity contribution in [3.05, 3.63) is 0 Å². The Bertz CT molecular complexity index is 335. The van der Waals surface area contributed by atoms with Gasteiger partial charge in [0.05, 0.1) is 0 Å². The van der Waals surface area contributed by atoms with E-state index in [1.54, 1.807) is 0 Å². The molecule has 0 spiro atoms. The fourth-order valence-corrected chi connectivity index (χ4v) is 3.61. The van der Waals surface area contributed by atoms with Crippen molar-refractivity contribution in [1.82, 2.24) is 4.90 Å². The van der Waals surface area contributed by atoms with Gasteiger partial charge in [-0.25, -0.2) is 0 Å². The van der Waals surface area contributed by atoms with E-state index in [1.807, 2.05) is 6.92 Å². The predicted molar refractivity (Wildman–Crippen MR) is 74.5 cm³/mol. The molecule has 1 unspecified atom stereocenters. The first-order chi connectivity index (χ1) is 8.58. The van der Waals surface area contributed by atoms with E-state index in [0.717, 1.165) is 18.6 Å². The molecule has 0 bridgehead atoms. The zero-order chi connectivity index (χ0) is 13.2. The van der Waals surface area contributed by atoms with Crippen molar-refractivity contribution >= 4 is 24.4 Å². The minimum absolute atomic E-state index is 0.0119. The number of hydrogen-bond acceptors (Lipinski definition) is 3. The SMILES string of the molecule is CC1CC(=O)N(CC2(CS)CCCCCC2)C1=O. The van der Waals surface area contributed by atoms with Crippen molar-refractivity contribution in [2.45, 2.75) is 51.9 Å². The highest BCUT2D eigenvalue weighted by Gasteiger charge is 2.41. The summed E-state index contributed by atoms with van der Waals surface area (Å²) in [5.74, 6) is 0.682. The van der Waals surface area contributed by atoms with Crippen LogP contribution in [0.3, 0.4) is 0 Å². The van der Waals surface area contributed by atoms with E-state index in [4.69, 9.17) is 0 Å². The van der Waals surface area contributed by atoms with Gasteiger partial charge in [0.25, 0.3) is 0 Å². The summed E-state index contributed by atoms with van der Waals surface area (Å²) >= 11 is 4.50. The Balaban J connectivity index is 2.09. The average molecular weight is 269 g/mol. The molecule has 1 atom stereocenters. The molecule has 0 aromatic rings. The number of hydrogen-bond donors (Lipinski definition) is 1. The van der Waals surface area contributed by atoms with Gasteiger partial charge in [-0.3, -0.25) is 14.5 Å². The van der Waals surface area contributed by atoms with Crippen LogP contribution in [0.4, 0.5) is 0 Å². The Morgan fingerprint density at radius 1 is 1.22 bits per heavy atom. The second-order valence-corrected chi connectivity index (χ2v) is 6.31. The lowest BCUT2D eigenvalue weighted by atomic mass is 9.81. The highest BCUT2D eigenvalue weighted by atomic mass is 32.1. The molecular formula is C14H23NO2S. The summed E-state index contributed by atoms with van der Waals surface area (Å²) in [4.78, 5) is 25.4. The van der Waals surface area contributed by atoms with Gasteiger partial charge < -0.3 is 0 Å². The number of nitrogens with zero attached hydrogens (tertiary/aromatic N) is 1. The molecule has 1 aliphatic heterocycles. The number of imide groups is 1.